The number of amides is 2. The number of hydrogen-bond donors (Lipinski definition) is 0. The van der Waals surface area contributed by atoms with Crippen LogP contribution in [0.3, 0.4) is 0 Å². The van der Waals surface area contributed by atoms with Crippen molar-refractivity contribution in [2.24, 2.45) is 11.8 Å². The summed E-state index contributed by atoms with van der Waals surface area (Å²) in [5.74, 6) is -2.76. The van der Waals surface area contributed by atoms with Crippen molar-refractivity contribution in [3.63, 3.8) is 0 Å². The zero-order chi connectivity index (χ0) is 24.0. The molecule has 1 heterocycles. The molecule has 0 N–H and O–H groups in total. The number of imide groups is 1. The summed E-state index contributed by atoms with van der Waals surface area (Å²) in [5.41, 5.74) is 2.12. The summed E-state index contributed by atoms with van der Waals surface area (Å²) in [5, 5.41) is -0.0683. The third-order valence-electron chi connectivity index (χ3n) is 7.87. The van der Waals surface area contributed by atoms with Crippen molar-refractivity contribution in [3.8, 4) is 0 Å². The Labute approximate surface area is 199 Å². The Bertz CT molecular complexity index is 1330. The Hall–Kier alpha value is -3.12. The second-order valence-electron chi connectivity index (χ2n) is 9.16. The molecule has 3 aromatic carbocycles. The van der Waals surface area contributed by atoms with Crippen LogP contribution in [0.25, 0.3) is 0 Å². The van der Waals surface area contributed by atoms with Crippen LogP contribution >= 0.6 is 11.6 Å². The van der Waals surface area contributed by atoms with Gasteiger partial charge in [-0.2, -0.15) is 13.2 Å². The molecule has 34 heavy (non-hydrogen) atoms. The number of anilines is 1. The Morgan fingerprint density at radius 2 is 1.50 bits per heavy atom. The smallest absolute Gasteiger partial charge is 0.274 e. The van der Waals surface area contributed by atoms with Crippen LogP contribution in [-0.2, 0) is 21.2 Å². The predicted octanol–water partition coefficient (Wildman–Crippen LogP) is 6.32. The SMILES string of the molecule is CCC12c3ccccc3C(c3ccccc31)[C@@H]1C(=O)N(c3cc(C(F)(F)F)ccc3Cl)C(=O)[C@H]12. The molecule has 172 valence electrons. The number of nitrogens with zero attached hydrogens (tertiary/aromatic N) is 1. The average molecular weight is 482 g/mol. The van der Waals surface area contributed by atoms with Crippen LogP contribution in [0.2, 0.25) is 5.02 Å². The van der Waals surface area contributed by atoms with Crippen LogP contribution in [0, 0.1) is 11.8 Å². The van der Waals surface area contributed by atoms with Crippen LogP contribution in [0.1, 0.15) is 47.1 Å². The number of alkyl halides is 3. The highest BCUT2D eigenvalue weighted by molar-refractivity contribution is 6.36. The molecular formula is C27H19ClF3NO2. The number of benzene rings is 3. The fourth-order valence-electron chi connectivity index (χ4n) is 6.63. The Kier molecular flexibility index (Phi) is 4.38. The first-order chi connectivity index (χ1) is 16.2. The van der Waals surface area contributed by atoms with Crippen LogP contribution in [-0.4, -0.2) is 11.8 Å². The molecule has 7 heteroatoms. The Balaban J connectivity index is 1.60. The number of halogens is 4. The average Bonchev–Trinajstić information content (AvgIpc) is 3.09. The maximum Gasteiger partial charge on any atom is 0.416 e. The first kappa shape index (κ1) is 21.4. The summed E-state index contributed by atoms with van der Waals surface area (Å²) in [6.45, 7) is 1.99. The largest absolute Gasteiger partial charge is 0.416 e. The lowest BCUT2D eigenvalue weighted by atomic mass is 9.46. The van der Waals surface area contributed by atoms with E-state index in [-0.39, 0.29) is 16.6 Å². The van der Waals surface area contributed by atoms with Gasteiger partial charge < -0.3 is 0 Å². The van der Waals surface area contributed by atoms with E-state index in [1.807, 2.05) is 55.5 Å². The molecule has 0 aromatic heterocycles. The molecule has 0 spiro atoms. The molecule has 0 unspecified atom stereocenters. The zero-order valence-corrected chi connectivity index (χ0v) is 18.8. The molecule has 1 saturated heterocycles. The number of hydrogen-bond acceptors (Lipinski definition) is 2. The number of rotatable bonds is 2. The van der Waals surface area contributed by atoms with E-state index in [0.717, 1.165) is 45.4 Å². The lowest BCUT2D eigenvalue weighted by Crippen LogP contribution is -2.53. The molecule has 0 radical (unpaired) electrons. The van der Waals surface area contributed by atoms with Crippen LogP contribution in [0.5, 0.6) is 0 Å². The molecule has 1 aliphatic heterocycles. The third kappa shape index (κ3) is 2.49. The second-order valence-corrected chi connectivity index (χ2v) is 9.56. The minimum Gasteiger partial charge on any atom is -0.274 e. The molecule has 0 saturated carbocycles. The Morgan fingerprint density at radius 3 is 2.06 bits per heavy atom. The van der Waals surface area contributed by atoms with Gasteiger partial charge in [0.15, 0.2) is 0 Å². The monoisotopic (exact) mass is 481 g/mol. The first-order valence-electron chi connectivity index (χ1n) is 11.1. The van der Waals surface area contributed by atoms with Crippen molar-refractivity contribution in [1.82, 2.24) is 0 Å². The molecule has 2 atom stereocenters. The molecule has 3 nitrogen and oxygen atoms in total. The van der Waals surface area contributed by atoms with Gasteiger partial charge in [-0.1, -0.05) is 67.1 Å². The number of carbonyl (C=O) groups is 2. The molecule has 2 amide bonds. The Morgan fingerprint density at radius 1 is 0.912 bits per heavy atom. The van der Waals surface area contributed by atoms with Crippen LogP contribution in [0.4, 0.5) is 18.9 Å². The fraction of sp³-hybridized carbons (Fsp3) is 0.259. The minimum absolute atomic E-state index is 0.0683. The van der Waals surface area contributed by atoms with Crippen molar-refractivity contribution in [2.45, 2.75) is 30.9 Å². The molecule has 4 aliphatic rings. The van der Waals surface area contributed by atoms with E-state index >= 15 is 0 Å². The molecule has 1 fully saturated rings. The maximum atomic E-state index is 14.0. The normalized spacial score (nSPS) is 27.0. The van der Waals surface area contributed by atoms with Gasteiger partial charge in [-0.15, -0.1) is 0 Å². The molecule has 3 aromatic rings. The summed E-state index contributed by atoms with van der Waals surface area (Å²) in [6, 6.07) is 18.5. The van der Waals surface area contributed by atoms with E-state index in [4.69, 9.17) is 11.6 Å². The molecular weight excluding hydrogens is 463 g/mol. The third-order valence-corrected chi connectivity index (χ3v) is 8.19. The van der Waals surface area contributed by atoms with Crippen molar-refractivity contribution in [2.75, 3.05) is 4.90 Å². The van der Waals surface area contributed by atoms with E-state index in [2.05, 4.69) is 0 Å². The van der Waals surface area contributed by atoms with E-state index in [1.165, 1.54) is 0 Å². The lowest BCUT2D eigenvalue weighted by molar-refractivity contribution is -0.137. The van der Waals surface area contributed by atoms with Crippen LogP contribution < -0.4 is 4.90 Å². The standard InChI is InChI=1S/C27H19ClF3NO2/c1-2-26-17-9-5-3-7-15(17)21(16-8-4-6-10-18(16)26)22-23(26)25(34)32(24(22)33)20-13-14(27(29,30)31)11-12-19(20)28/h3-13,21-23H,2H2,1H3/t21?,22-,23-,26?/m0/s1. The lowest BCUT2D eigenvalue weighted by Gasteiger charge is -2.54. The van der Waals surface area contributed by atoms with E-state index in [9.17, 15) is 22.8 Å². The van der Waals surface area contributed by atoms with E-state index < -0.39 is 40.8 Å². The summed E-state index contributed by atoms with van der Waals surface area (Å²) in [4.78, 5) is 28.8. The highest BCUT2D eigenvalue weighted by Crippen LogP contribution is 2.65. The fourth-order valence-corrected chi connectivity index (χ4v) is 6.83. The maximum absolute atomic E-state index is 14.0. The van der Waals surface area contributed by atoms with Crippen molar-refractivity contribution < 1.29 is 22.8 Å². The highest BCUT2D eigenvalue weighted by Gasteiger charge is 2.67. The van der Waals surface area contributed by atoms with E-state index in [1.54, 1.807) is 0 Å². The molecule has 3 aliphatic carbocycles. The molecule has 7 rings (SSSR count). The number of carbonyl (C=O) groups excluding carboxylic acids is 2. The van der Waals surface area contributed by atoms with Gasteiger partial charge in [-0.25, -0.2) is 4.90 Å². The van der Waals surface area contributed by atoms with Gasteiger partial charge in [-0.05, 0) is 46.9 Å². The van der Waals surface area contributed by atoms with Crippen LogP contribution in [0.15, 0.2) is 66.7 Å². The minimum atomic E-state index is -4.63. The van der Waals surface area contributed by atoms with Crippen molar-refractivity contribution in [3.05, 3.63) is 99.6 Å². The summed E-state index contributed by atoms with van der Waals surface area (Å²) in [7, 11) is 0. The zero-order valence-electron chi connectivity index (χ0n) is 18.1. The van der Waals surface area contributed by atoms with Crippen molar-refractivity contribution >= 4 is 29.1 Å². The quantitative estimate of drug-likeness (QED) is 0.402. The predicted molar refractivity (Wildman–Crippen MR) is 122 cm³/mol. The molecule has 2 bridgehead atoms. The van der Waals surface area contributed by atoms with Gasteiger partial charge in [0.1, 0.15) is 0 Å². The highest BCUT2D eigenvalue weighted by atomic mass is 35.5. The second kappa shape index (κ2) is 6.95. The van der Waals surface area contributed by atoms with E-state index in [0.29, 0.717) is 6.42 Å². The topological polar surface area (TPSA) is 37.4 Å². The van der Waals surface area contributed by atoms with Gasteiger partial charge >= 0.3 is 6.18 Å². The van der Waals surface area contributed by atoms with Gasteiger partial charge in [0.05, 0.1) is 28.1 Å². The van der Waals surface area contributed by atoms with Gasteiger partial charge in [0, 0.05) is 11.3 Å². The summed E-state index contributed by atoms with van der Waals surface area (Å²) >= 11 is 6.28. The summed E-state index contributed by atoms with van der Waals surface area (Å²) < 4.78 is 40.4. The van der Waals surface area contributed by atoms with Crippen molar-refractivity contribution in [1.29, 1.82) is 0 Å². The van der Waals surface area contributed by atoms with Gasteiger partial charge in [0.25, 0.3) is 0 Å². The first-order valence-corrected chi connectivity index (χ1v) is 11.5. The van der Waals surface area contributed by atoms with Gasteiger partial charge in [-0.3, -0.25) is 9.59 Å². The summed E-state index contributed by atoms with van der Waals surface area (Å²) in [6.07, 6.45) is -4.06. The van der Waals surface area contributed by atoms with Gasteiger partial charge in [0.2, 0.25) is 11.8 Å².